The van der Waals surface area contributed by atoms with Crippen molar-refractivity contribution >= 4 is 33.5 Å². The van der Waals surface area contributed by atoms with Crippen LogP contribution in [0, 0.1) is 0 Å². The van der Waals surface area contributed by atoms with Gasteiger partial charge in [0.25, 0.3) is 0 Å². The summed E-state index contributed by atoms with van der Waals surface area (Å²) in [4.78, 5) is 15.6. The third-order valence-corrected chi connectivity index (χ3v) is 2.92. The second-order valence-electron chi connectivity index (χ2n) is 4.18. The van der Waals surface area contributed by atoms with Crippen molar-refractivity contribution in [1.82, 2.24) is 5.32 Å². The van der Waals surface area contributed by atoms with Crippen LogP contribution in [-0.2, 0) is 4.79 Å². The van der Waals surface area contributed by atoms with Gasteiger partial charge in [-0.3, -0.25) is 4.79 Å². The van der Waals surface area contributed by atoms with Crippen LogP contribution in [-0.4, -0.2) is 24.5 Å². The molecule has 1 saturated carbocycles. The van der Waals surface area contributed by atoms with Gasteiger partial charge in [0.1, 0.15) is 6.54 Å². The Labute approximate surface area is 114 Å². The number of hydrogen-bond acceptors (Lipinski definition) is 2. The van der Waals surface area contributed by atoms with E-state index >= 15 is 0 Å². The summed E-state index contributed by atoms with van der Waals surface area (Å²) in [6.45, 7) is 0.0259. The van der Waals surface area contributed by atoms with Gasteiger partial charge in [-0.2, -0.15) is 0 Å². The van der Waals surface area contributed by atoms with Gasteiger partial charge in [-0.05, 0) is 31.0 Å². The number of rotatable bonds is 4. The number of halogens is 1. The molecule has 1 aromatic rings. The van der Waals surface area contributed by atoms with Gasteiger partial charge < -0.3 is 16.4 Å². The van der Waals surface area contributed by atoms with Gasteiger partial charge >= 0.3 is 0 Å². The maximum Gasteiger partial charge on any atom is 0.246 e. The van der Waals surface area contributed by atoms with E-state index in [0.29, 0.717) is 12.0 Å². The molecule has 1 fully saturated rings. The number of nitrogens with one attached hydrogen (secondary N) is 2. The number of hydrogen-bond donors (Lipinski definition) is 3. The summed E-state index contributed by atoms with van der Waals surface area (Å²) in [7, 11) is 0. The lowest BCUT2D eigenvalue weighted by Gasteiger charge is -2.05. The molecule has 1 aliphatic rings. The zero-order valence-electron chi connectivity index (χ0n) is 9.82. The van der Waals surface area contributed by atoms with Crippen LogP contribution in [0.15, 0.2) is 33.7 Å². The smallest absolute Gasteiger partial charge is 0.246 e. The molecule has 0 aromatic heterocycles. The lowest BCUT2D eigenvalue weighted by molar-refractivity contribution is -0.114. The predicted molar refractivity (Wildman–Crippen MR) is 75.4 cm³/mol. The third-order valence-electron chi connectivity index (χ3n) is 2.43. The SMILES string of the molecule is NC(=NCC(=O)Nc1cccc(Br)c1)NC1CC1. The number of aliphatic imine (C=N–C) groups is 1. The van der Waals surface area contributed by atoms with E-state index in [4.69, 9.17) is 5.73 Å². The summed E-state index contributed by atoms with van der Waals surface area (Å²) in [5.74, 6) is 0.149. The fourth-order valence-electron chi connectivity index (χ4n) is 1.41. The average Bonchev–Trinajstić information content (AvgIpc) is 3.10. The summed E-state index contributed by atoms with van der Waals surface area (Å²) in [6, 6.07) is 7.84. The highest BCUT2D eigenvalue weighted by atomic mass is 79.9. The highest BCUT2D eigenvalue weighted by Crippen LogP contribution is 2.18. The molecule has 0 radical (unpaired) electrons. The van der Waals surface area contributed by atoms with Gasteiger partial charge in [0, 0.05) is 16.2 Å². The maximum absolute atomic E-state index is 11.6. The van der Waals surface area contributed by atoms with Gasteiger partial charge in [-0.1, -0.05) is 22.0 Å². The summed E-state index contributed by atoms with van der Waals surface area (Å²) < 4.78 is 0.915. The molecule has 2 rings (SSSR count). The van der Waals surface area contributed by atoms with E-state index in [9.17, 15) is 4.79 Å². The van der Waals surface area contributed by atoms with E-state index < -0.39 is 0 Å². The largest absolute Gasteiger partial charge is 0.370 e. The molecule has 1 aromatic carbocycles. The Kier molecular flexibility index (Phi) is 4.19. The molecular formula is C12H15BrN4O. The number of benzene rings is 1. The Bertz CT molecular complexity index is 471. The molecule has 0 bridgehead atoms. The molecule has 0 unspecified atom stereocenters. The minimum atomic E-state index is -0.186. The van der Waals surface area contributed by atoms with Crippen LogP contribution in [0.2, 0.25) is 0 Å². The highest BCUT2D eigenvalue weighted by Gasteiger charge is 2.21. The first kappa shape index (κ1) is 12.9. The molecule has 0 spiro atoms. The number of nitrogens with zero attached hydrogens (tertiary/aromatic N) is 1. The minimum absolute atomic E-state index is 0.0259. The van der Waals surface area contributed by atoms with Crippen molar-refractivity contribution in [2.45, 2.75) is 18.9 Å². The van der Waals surface area contributed by atoms with E-state index in [-0.39, 0.29) is 12.5 Å². The fraction of sp³-hybridized carbons (Fsp3) is 0.333. The molecule has 1 aliphatic carbocycles. The van der Waals surface area contributed by atoms with Crippen molar-refractivity contribution in [3.63, 3.8) is 0 Å². The third kappa shape index (κ3) is 4.37. The van der Waals surface area contributed by atoms with Gasteiger partial charge in [0.2, 0.25) is 5.91 Å². The van der Waals surface area contributed by atoms with E-state index in [1.807, 2.05) is 24.3 Å². The zero-order valence-corrected chi connectivity index (χ0v) is 11.4. The fourth-order valence-corrected chi connectivity index (χ4v) is 1.81. The van der Waals surface area contributed by atoms with Crippen molar-refractivity contribution in [2.24, 2.45) is 10.7 Å². The normalized spacial score (nSPS) is 15.3. The van der Waals surface area contributed by atoms with Crippen molar-refractivity contribution < 1.29 is 4.79 Å². The number of guanidine groups is 1. The summed E-state index contributed by atoms with van der Waals surface area (Å²) >= 11 is 3.34. The van der Waals surface area contributed by atoms with E-state index in [1.165, 1.54) is 0 Å². The second-order valence-corrected chi connectivity index (χ2v) is 5.09. The molecule has 1 amide bonds. The van der Waals surface area contributed by atoms with Crippen molar-refractivity contribution in [3.8, 4) is 0 Å². The Morgan fingerprint density at radius 2 is 2.28 bits per heavy atom. The lowest BCUT2D eigenvalue weighted by Crippen LogP contribution is -2.34. The average molecular weight is 311 g/mol. The molecule has 5 nitrogen and oxygen atoms in total. The van der Waals surface area contributed by atoms with E-state index in [2.05, 4.69) is 31.6 Å². The van der Waals surface area contributed by atoms with Crippen molar-refractivity contribution in [3.05, 3.63) is 28.7 Å². The van der Waals surface area contributed by atoms with Crippen LogP contribution in [0.3, 0.4) is 0 Å². The standard InChI is InChI=1S/C12H15BrN4O/c13-8-2-1-3-10(6-8)16-11(18)7-15-12(14)17-9-4-5-9/h1-3,6,9H,4-5,7H2,(H,16,18)(H3,14,15,17). The molecule has 96 valence electrons. The lowest BCUT2D eigenvalue weighted by atomic mass is 10.3. The Hall–Kier alpha value is -1.56. The molecule has 6 heteroatoms. The number of anilines is 1. The minimum Gasteiger partial charge on any atom is -0.370 e. The van der Waals surface area contributed by atoms with E-state index in [0.717, 1.165) is 23.0 Å². The second kappa shape index (κ2) is 5.86. The van der Waals surface area contributed by atoms with E-state index in [1.54, 1.807) is 0 Å². The Morgan fingerprint density at radius 1 is 1.50 bits per heavy atom. The quantitative estimate of drug-likeness (QED) is 0.582. The van der Waals surface area contributed by atoms with Crippen LogP contribution in [0.1, 0.15) is 12.8 Å². The molecule has 0 atom stereocenters. The van der Waals surface area contributed by atoms with Crippen LogP contribution in [0.5, 0.6) is 0 Å². The number of carbonyl (C=O) groups excluding carboxylic acids is 1. The number of amides is 1. The van der Waals surface area contributed by atoms with Gasteiger partial charge in [0.05, 0.1) is 0 Å². The highest BCUT2D eigenvalue weighted by molar-refractivity contribution is 9.10. The summed E-state index contributed by atoms with van der Waals surface area (Å²) in [5.41, 5.74) is 6.37. The molecule has 18 heavy (non-hydrogen) atoms. The van der Waals surface area contributed by atoms with Gasteiger partial charge in [-0.25, -0.2) is 4.99 Å². The summed E-state index contributed by atoms with van der Waals surface area (Å²) in [5, 5.41) is 5.77. The number of carbonyl (C=O) groups is 1. The topological polar surface area (TPSA) is 79.5 Å². The maximum atomic E-state index is 11.6. The number of nitrogens with two attached hydrogens (primary N) is 1. The van der Waals surface area contributed by atoms with Crippen molar-refractivity contribution in [2.75, 3.05) is 11.9 Å². The first-order valence-electron chi connectivity index (χ1n) is 5.75. The van der Waals surface area contributed by atoms with Crippen LogP contribution in [0.25, 0.3) is 0 Å². The van der Waals surface area contributed by atoms with Crippen LogP contribution < -0.4 is 16.4 Å². The summed E-state index contributed by atoms with van der Waals surface area (Å²) in [6.07, 6.45) is 2.25. The molecule has 4 N–H and O–H groups in total. The van der Waals surface area contributed by atoms with Crippen LogP contribution >= 0.6 is 15.9 Å². The first-order chi connectivity index (χ1) is 8.63. The monoisotopic (exact) mass is 310 g/mol. The molecular weight excluding hydrogens is 296 g/mol. The van der Waals surface area contributed by atoms with Gasteiger partial charge in [-0.15, -0.1) is 0 Å². The molecule has 0 heterocycles. The molecule has 0 aliphatic heterocycles. The first-order valence-corrected chi connectivity index (χ1v) is 6.54. The van der Waals surface area contributed by atoms with Gasteiger partial charge in [0.15, 0.2) is 5.96 Å². The zero-order chi connectivity index (χ0) is 13.0. The van der Waals surface area contributed by atoms with Crippen LogP contribution in [0.4, 0.5) is 5.69 Å². The van der Waals surface area contributed by atoms with Crippen molar-refractivity contribution in [1.29, 1.82) is 0 Å². The Morgan fingerprint density at radius 3 is 2.94 bits per heavy atom. The predicted octanol–water partition coefficient (Wildman–Crippen LogP) is 1.45. The molecule has 0 saturated heterocycles. The Balaban J connectivity index is 1.80.